The topological polar surface area (TPSA) is 47.6 Å². The summed E-state index contributed by atoms with van der Waals surface area (Å²) < 4.78 is 17.6. The maximum atomic E-state index is 12.3. The number of ether oxygens (including phenoxy) is 3. The number of hydrogen-bond acceptors (Lipinski definition) is 3. The second kappa shape index (κ2) is 13.7. The molecule has 0 aliphatic heterocycles. The van der Waals surface area contributed by atoms with Crippen LogP contribution in [0.5, 0.6) is 23.0 Å². The van der Waals surface area contributed by atoms with Gasteiger partial charge in [0.15, 0.2) is 5.75 Å². The summed E-state index contributed by atoms with van der Waals surface area (Å²) in [6, 6.07) is 3.23. The van der Waals surface area contributed by atoms with Crippen molar-refractivity contribution in [2.45, 2.75) is 78.6 Å². The zero-order chi connectivity index (χ0) is 18.3. The molecule has 0 atom stereocenters. The molecule has 25 heavy (non-hydrogen) atoms. The van der Waals surface area contributed by atoms with Crippen LogP contribution in [0.1, 0.15) is 78.6 Å². The average Bonchev–Trinajstić information content (AvgIpc) is 2.62. The Balaban J connectivity index is 2.80. The predicted octanol–water partition coefficient (Wildman–Crippen LogP) is 6.54. The molecule has 4 heteroatoms. The zero-order valence-corrected chi connectivity index (χ0v) is 16.3. The lowest BCUT2D eigenvalue weighted by molar-refractivity contribution is 0.222. The molecule has 4 nitrogen and oxygen atoms in total. The van der Waals surface area contributed by atoms with Gasteiger partial charge in [0.25, 0.3) is 0 Å². The average molecular weight is 352 g/mol. The van der Waals surface area contributed by atoms with E-state index in [0.717, 1.165) is 57.8 Å². The van der Waals surface area contributed by atoms with Crippen LogP contribution in [0.3, 0.4) is 0 Å². The molecule has 143 valence electrons. The Labute approximate surface area is 153 Å². The summed E-state index contributed by atoms with van der Waals surface area (Å²) in [5.74, 6) is 1.28. The number of unbranched alkanes of at least 4 members (excludes halogenated alkanes) is 6. The van der Waals surface area contributed by atoms with Gasteiger partial charge < -0.3 is 14.2 Å². The summed E-state index contributed by atoms with van der Waals surface area (Å²) >= 11 is 0. The van der Waals surface area contributed by atoms with E-state index in [0.29, 0.717) is 37.1 Å². The van der Waals surface area contributed by atoms with Gasteiger partial charge in [0, 0.05) is 0 Å². The predicted molar refractivity (Wildman–Crippen MR) is 102 cm³/mol. The monoisotopic (exact) mass is 351 g/mol. The number of benzene rings is 1. The van der Waals surface area contributed by atoms with Crippen LogP contribution in [0.2, 0.25) is 0 Å². The van der Waals surface area contributed by atoms with Crippen LogP contribution >= 0.6 is 0 Å². The Hall–Kier alpha value is -1.58. The minimum atomic E-state index is -0.136. The first-order chi connectivity index (χ1) is 12.2. The van der Waals surface area contributed by atoms with Crippen molar-refractivity contribution >= 4 is 0 Å². The lowest BCUT2D eigenvalue weighted by atomic mass is 10.2. The van der Waals surface area contributed by atoms with Crippen LogP contribution < -0.4 is 14.2 Å². The minimum Gasteiger partial charge on any atom is -0.490 e. The van der Waals surface area contributed by atoms with Crippen molar-refractivity contribution < 1.29 is 19.3 Å². The highest BCUT2D eigenvalue weighted by atomic mass is 16.5. The van der Waals surface area contributed by atoms with E-state index in [1.807, 2.05) is 0 Å². The van der Waals surface area contributed by atoms with Gasteiger partial charge in [-0.15, -0.1) is 0 Å². The van der Waals surface area contributed by atoms with E-state index in [1.54, 1.807) is 6.07 Å². The van der Waals surface area contributed by atoms with Crippen molar-refractivity contribution in [3.63, 3.8) is 0 Å². The van der Waals surface area contributed by atoms with Crippen LogP contribution in [0.4, 0.5) is 0 Å². The lowest BCUT2D eigenvalue weighted by Gasteiger charge is -2.17. The summed E-state index contributed by atoms with van der Waals surface area (Å²) in [7, 11) is 0. The highest BCUT2D eigenvalue weighted by Gasteiger charge is 2.19. The van der Waals surface area contributed by atoms with Gasteiger partial charge in [0.1, 0.15) is 0 Å². The van der Waals surface area contributed by atoms with E-state index < -0.39 is 0 Å². The van der Waals surface area contributed by atoms with E-state index in [2.05, 4.69) is 20.8 Å². The normalized spacial score (nSPS) is 10.7. The Morgan fingerprint density at radius 3 is 1.64 bits per heavy atom. The Morgan fingerprint density at radius 2 is 1.12 bits per heavy atom. The molecule has 0 unspecified atom stereocenters. The molecule has 1 aromatic carbocycles. The Bertz CT molecular complexity index is 459. The van der Waals surface area contributed by atoms with Crippen LogP contribution in [0, 0.1) is 0 Å². The molecule has 0 spiro atoms. The van der Waals surface area contributed by atoms with E-state index in [9.17, 15) is 5.11 Å². The lowest BCUT2D eigenvalue weighted by Crippen LogP contribution is -2.06. The van der Waals surface area contributed by atoms with Crippen molar-refractivity contribution in [2.75, 3.05) is 19.8 Å². The Kier molecular flexibility index (Phi) is 11.7. The van der Waals surface area contributed by atoms with Gasteiger partial charge in [-0.05, 0) is 31.4 Å². The first-order valence-corrected chi connectivity index (χ1v) is 9.96. The minimum absolute atomic E-state index is 0.136. The van der Waals surface area contributed by atoms with E-state index in [1.165, 1.54) is 6.07 Å². The fourth-order valence-corrected chi connectivity index (χ4v) is 2.50. The largest absolute Gasteiger partial charge is 0.490 e. The molecule has 0 saturated carbocycles. The molecule has 1 radical (unpaired) electrons. The van der Waals surface area contributed by atoms with Crippen LogP contribution in [-0.2, 0) is 5.11 Å². The highest BCUT2D eigenvalue weighted by molar-refractivity contribution is 5.58. The van der Waals surface area contributed by atoms with E-state index in [4.69, 9.17) is 14.2 Å². The molecule has 1 aromatic rings. The van der Waals surface area contributed by atoms with Gasteiger partial charge in [0.05, 0.1) is 19.8 Å². The van der Waals surface area contributed by atoms with Gasteiger partial charge in [0.2, 0.25) is 17.2 Å². The molecule has 0 N–H and O–H groups in total. The van der Waals surface area contributed by atoms with Gasteiger partial charge in [-0.3, -0.25) is 5.11 Å². The summed E-state index contributed by atoms with van der Waals surface area (Å²) in [5.41, 5.74) is 0. The SMILES string of the molecule is CCCCCOc1ccc([O])c(OCCCCC)c1OCCCCC. The molecule has 0 amide bonds. The summed E-state index contributed by atoms with van der Waals surface area (Å²) in [6.07, 6.45) is 9.63. The van der Waals surface area contributed by atoms with Crippen molar-refractivity contribution in [1.82, 2.24) is 0 Å². The third-order valence-electron chi connectivity index (χ3n) is 4.03. The maximum Gasteiger partial charge on any atom is 0.224 e. The van der Waals surface area contributed by atoms with Crippen LogP contribution in [-0.4, -0.2) is 19.8 Å². The smallest absolute Gasteiger partial charge is 0.224 e. The Morgan fingerprint density at radius 1 is 0.640 bits per heavy atom. The molecular weight excluding hydrogens is 316 g/mol. The number of hydrogen-bond donors (Lipinski definition) is 0. The van der Waals surface area contributed by atoms with Crippen LogP contribution in [0.15, 0.2) is 12.1 Å². The van der Waals surface area contributed by atoms with Crippen molar-refractivity contribution in [1.29, 1.82) is 0 Å². The molecule has 1 rings (SSSR count). The van der Waals surface area contributed by atoms with Crippen molar-refractivity contribution in [3.8, 4) is 23.0 Å². The molecule has 0 fully saturated rings. The molecule has 0 aromatic heterocycles. The van der Waals surface area contributed by atoms with Gasteiger partial charge in [-0.1, -0.05) is 59.3 Å². The fourth-order valence-electron chi connectivity index (χ4n) is 2.50. The zero-order valence-electron chi connectivity index (χ0n) is 16.3. The van der Waals surface area contributed by atoms with E-state index >= 15 is 0 Å². The maximum absolute atomic E-state index is 12.3. The van der Waals surface area contributed by atoms with Gasteiger partial charge in [-0.2, -0.15) is 0 Å². The molecule has 0 saturated heterocycles. The summed E-state index contributed by atoms with van der Waals surface area (Å²) in [4.78, 5) is 0. The third kappa shape index (κ3) is 8.37. The van der Waals surface area contributed by atoms with Crippen LogP contribution in [0.25, 0.3) is 0 Å². The van der Waals surface area contributed by atoms with Gasteiger partial charge in [-0.25, -0.2) is 0 Å². The standard InChI is InChI=1S/C21H35O4/c1-4-7-10-15-23-19-14-13-18(22)20(24-16-11-8-5-2)21(19)25-17-12-9-6-3/h13-14H,4-12,15-17H2,1-3H3. The fraction of sp³-hybridized carbons (Fsp3) is 0.714. The first kappa shape index (κ1) is 21.5. The second-order valence-corrected chi connectivity index (χ2v) is 6.39. The summed E-state index contributed by atoms with van der Waals surface area (Å²) in [5, 5.41) is 12.3. The summed E-state index contributed by atoms with van der Waals surface area (Å²) in [6.45, 7) is 8.21. The molecule has 0 heterocycles. The molecule has 0 aliphatic rings. The highest BCUT2D eigenvalue weighted by Crippen LogP contribution is 2.44. The molecular formula is C21H35O4. The third-order valence-corrected chi connectivity index (χ3v) is 4.03. The molecule has 0 aliphatic carbocycles. The van der Waals surface area contributed by atoms with E-state index in [-0.39, 0.29) is 5.75 Å². The van der Waals surface area contributed by atoms with Crippen molar-refractivity contribution in [2.24, 2.45) is 0 Å². The second-order valence-electron chi connectivity index (χ2n) is 6.39. The number of rotatable bonds is 15. The quantitative estimate of drug-likeness (QED) is 0.337. The van der Waals surface area contributed by atoms with Gasteiger partial charge >= 0.3 is 0 Å². The first-order valence-electron chi connectivity index (χ1n) is 9.96. The molecule has 0 bridgehead atoms. The van der Waals surface area contributed by atoms with Crippen molar-refractivity contribution in [3.05, 3.63) is 12.1 Å².